The Labute approximate surface area is 137 Å². The van der Waals surface area contributed by atoms with Gasteiger partial charge in [-0.3, -0.25) is 0 Å². The van der Waals surface area contributed by atoms with Crippen molar-refractivity contribution in [3.05, 3.63) is 0 Å². The average molecular weight is 371 g/mol. The molecule has 128 valence electrons. The van der Waals surface area contributed by atoms with Gasteiger partial charge in [0.15, 0.2) is 0 Å². The van der Waals surface area contributed by atoms with Crippen LogP contribution in [0.3, 0.4) is 0 Å². The smallest absolute Gasteiger partial charge is 0.0488 e. The van der Waals surface area contributed by atoms with Gasteiger partial charge in [-0.2, -0.15) is 0 Å². The van der Waals surface area contributed by atoms with E-state index in [1.54, 1.807) is 0 Å². The third-order valence-corrected chi connectivity index (χ3v) is 3.16. The molecule has 0 aromatic carbocycles. The number of aliphatic hydroxyl groups excluding tert-OH is 1. The molecule has 0 spiro atoms. The highest BCUT2D eigenvalue weighted by Gasteiger charge is 1.93. The zero-order chi connectivity index (χ0) is 15.4. The van der Waals surface area contributed by atoms with Gasteiger partial charge in [0.05, 0.1) is 0 Å². The molecular weight excluding hydrogens is 340 g/mol. The summed E-state index contributed by atoms with van der Waals surface area (Å²) in [4.78, 5) is 0. The maximum Gasteiger partial charge on any atom is 0.0488 e. The lowest BCUT2D eigenvalue weighted by Crippen LogP contribution is -2.07. The van der Waals surface area contributed by atoms with Crippen LogP contribution in [0.25, 0.3) is 0 Å². The molecule has 0 bridgehead atoms. The second-order valence-electron chi connectivity index (χ2n) is 4.63. The van der Waals surface area contributed by atoms with E-state index < -0.39 is 0 Å². The third kappa shape index (κ3) is 20.3. The highest BCUT2D eigenvalue weighted by atomic mass is 79.9. The van der Waals surface area contributed by atoms with Crippen molar-refractivity contribution in [2.24, 2.45) is 0 Å². The fourth-order valence-corrected chi connectivity index (χ4v) is 1.75. The van der Waals surface area contributed by atoms with E-state index in [1.807, 2.05) is 0 Å². The van der Waals surface area contributed by atoms with Gasteiger partial charge in [0.25, 0.3) is 0 Å². The third-order valence-electron chi connectivity index (χ3n) is 2.60. The fraction of sp³-hybridized carbons (Fsp3) is 1.00. The molecule has 0 amide bonds. The van der Waals surface area contributed by atoms with E-state index in [9.17, 15) is 0 Å². The van der Waals surface area contributed by atoms with Crippen molar-refractivity contribution in [3.63, 3.8) is 0 Å². The first kappa shape index (κ1) is 21.3. The zero-order valence-electron chi connectivity index (χ0n) is 13.1. The number of alkyl halides is 1. The predicted octanol–water partition coefficient (Wildman–Crippen LogP) is 2.39. The molecule has 0 aliphatic heterocycles. The van der Waals surface area contributed by atoms with E-state index in [2.05, 4.69) is 15.9 Å². The summed E-state index contributed by atoms with van der Waals surface area (Å²) in [6.45, 7) is 6.08. The molecule has 1 N–H and O–H groups in total. The molecule has 0 aliphatic rings. The van der Waals surface area contributed by atoms with Crippen LogP contribution in [0.15, 0.2) is 0 Å². The number of halogens is 1. The van der Waals surface area contributed by atoms with Crippen molar-refractivity contribution >= 4 is 15.9 Å². The summed E-state index contributed by atoms with van der Waals surface area (Å²) in [6.07, 6.45) is 4.55. The van der Waals surface area contributed by atoms with Crippen LogP contribution in [0.5, 0.6) is 0 Å². The average Bonchev–Trinajstić information content (AvgIpc) is 2.50. The van der Waals surface area contributed by atoms with Crippen LogP contribution in [0.2, 0.25) is 0 Å². The summed E-state index contributed by atoms with van der Waals surface area (Å²) in [7, 11) is 0. The number of rotatable bonds is 18. The van der Waals surface area contributed by atoms with E-state index in [1.165, 1.54) is 0 Å². The van der Waals surface area contributed by atoms with Crippen molar-refractivity contribution in [2.45, 2.75) is 32.1 Å². The standard InChI is InChI=1S/C15H31BrO5/c16-6-1-8-18-10-3-12-20-14-5-15-21-13-4-11-19-9-2-7-17/h17H,1-15H2. The Kier molecular flexibility index (Phi) is 20.6. The van der Waals surface area contributed by atoms with Crippen LogP contribution in [-0.4, -0.2) is 69.9 Å². The van der Waals surface area contributed by atoms with E-state index in [0.29, 0.717) is 19.6 Å². The Balaban J connectivity index is 2.90. The van der Waals surface area contributed by atoms with Gasteiger partial charge in [-0.15, -0.1) is 0 Å². The van der Waals surface area contributed by atoms with Gasteiger partial charge in [0, 0.05) is 64.8 Å². The highest BCUT2D eigenvalue weighted by Crippen LogP contribution is 1.93. The lowest BCUT2D eigenvalue weighted by molar-refractivity contribution is 0.0527. The van der Waals surface area contributed by atoms with Crippen molar-refractivity contribution in [1.29, 1.82) is 0 Å². The van der Waals surface area contributed by atoms with E-state index >= 15 is 0 Å². The van der Waals surface area contributed by atoms with Gasteiger partial charge in [-0.1, -0.05) is 15.9 Å². The molecule has 0 aromatic rings. The number of aliphatic hydroxyl groups is 1. The summed E-state index contributed by atoms with van der Waals surface area (Å²) in [5.41, 5.74) is 0. The SMILES string of the molecule is OCCCOCCCOCCCOCCCOCCCBr. The molecule has 0 heterocycles. The monoisotopic (exact) mass is 370 g/mol. The lowest BCUT2D eigenvalue weighted by Gasteiger charge is -2.06. The molecule has 0 radical (unpaired) electrons. The van der Waals surface area contributed by atoms with Gasteiger partial charge in [0.2, 0.25) is 0 Å². The molecule has 0 saturated carbocycles. The highest BCUT2D eigenvalue weighted by molar-refractivity contribution is 9.09. The Bertz CT molecular complexity index is 165. The summed E-state index contributed by atoms with van der Waals surface area (Å²) in [6, 6.07) is 0. The summed E-state index contributed by atoms with van der Waals surface area (Å²) in [5.74, 6) is 0. The predicted molar refractivity (Wildman–Crippen MR) is 87.2 cm³/mol. The first-order chi connectivity index (χ1) is 10.4. The Hall–Kier alpha value is 0.280. The first-order valence-corrected chi connectivity index (χ1v) is 9.01. The summed E-state index contributed by atoms with van der Waals surface area (Å²) in [5, 5.41) is 9.56. The van der Waals surface area contributed by atoms with Crippen LogP contribution in [-0.2, 0) is 18.9 Å². The summed E-state index contributed by atoms with van der Waals surface area (Å²) < 4.78 is 21.7. The molecule has 21 heavy (non-hydrogen) atoms. The van der Waals surface area contributed by atoms with Crippen LogP contribution < -0.4 is 0 Å². The molecule has 0 aromatic heterocycles. The van der Waals surface area contributed by atoms with Crippen molar-refractivity contribution in [1.82, 2.24) is 0 Å². The molecule has 0 aliphatic carbocycles. The largest absolute Gasteiger partial charge is 0.396 e. The summed E-state index contributed by atoms with van der Waals surface area (Å²) >= 11 is 3.36. The minimum atomic E-state index is 0.194. The normalized spacial score (nSPS) is 11.1. The van der Waals surface area contributed by atoms with Crippen LogP contribution in [0.1, 0.15) is 32.1 Å². The van der Waals surface area contributed by atoms with E-state index in [-0.39, 0.29) is 6.61 Å². The minimum Gasteiger partial charge on any atom is -0.396 e. The topological polar surface area (TPSA) is 57.2 Å². The zero-order valence-corrected chi connectivity index (χ0v) is 14.7. The molecule has 0 rings (SSSR count). The molecular formula is C15H31BrO5. The van der Waals surface area contributed by atoms with E-state index in [0.717, 1.165) is 70.7 Å². The van der Waals surface area contributed by atoms with Gasteiger partial charge in [-0.25, -0.2) is 0 Å². The van der Waals surface area contributed by atoms with Crippen molar-refractivity contribution in [2.75, 3.05) is 64.8 Å². The fourth-order valence-electron chi connectivity index (χ4n) is 1.52. The maximum atomic E-state index is 8.57. The first-order valence-electron chi connectivity index (χ1n) is 7.89. The molecule has 0 unspecified atom stereocenters. The number of hydrogen-bond donors (Lipinski definition) is 1. The van der Waals surface area contributed by atoms with Crippen LogP contribution in [0, 0.1) is 0 Å². The van der Waals surface area contributed by atoms with Crippen molar-refractivity contribution in [3.8, 4) is 0 Å². The number of ether oxygens (including phenoxy) is 4. The maximum absolute atomic E-state index is 8.57. The number of hydrogen-bond acceptors (Lipinski definition) is 5. The van der Waals surface area contributed by atoms with E-state index in [4.69, 9.17) is 24.1 Å². The van der Waals surface area contributed by atoms with Crippen LogP contribution in [0.4, 0.5) is 0 Å². The molecule has 6 heteroatoms. The molecule has 5 nitrogen and oxygen atoms in total. The van der Waals surface area contributed by atoms with Crippen molar-refractivity contribution < 1.29 is 24.1 Å². The Morgan fingerprint density at radius 2 is 0.857 bits per heavy atom. The van der Waals surface area contributed by atoms with Gasteiger partial charge < -0.3 is 24.1 Å². The Morgan fingerprint density at radius 3 is 1.19 bits per heavy atom. The second-order valence-corrected chi connectivity index (χ2v) is 5.42. The van der Waals surface area contributed by atoms with Gasteiger partial charge >= 0.3 is 0 Å². The van der Waals surface area contributed by atoms with Gasteiger partial charge in [-0.05, 0) is 32.1 Å². The molecule has 0 fully saturated rings. The molecule has 0 atom stereocenters. The Morgan fingerprint density at radius 1 is 0.524 bits per heavy atom. The quantitative estimate of drug-likeness (QED) is 0.296. The minimum absolute atomic E-state index is 0.194. The van der Waals surface area contributed by atoms with Crippen LogP contribution >= 0.6 is 15.9 Å². The van der Waals surface area contributed by atoms with Gasteiger partial charge in [0.1, 0.15) is 0 Å². The second kappa shape index (κ2) is 20.3. The molecule has 0 saturated heterocycles. The lowest BCUT2D eigenvalue weighted by atomic mass is 10.4.